The zero-order valence-electron chi connectivity index (χ0n) is 12.6. The number of benzene rings is 1. The molecule has 4 N–H and O–H groups in total. The van der Waals surface area contributed by atoms with E-state index in [4.69, 9.17) is 10.7 Å². The largest absolute Gasteiger partial charge is 0.378 e. The summed E-state index contributed by atoms with van der Waals surface area (Å²) in [5.74, 6) is 1.13. The van der Waals surface area contributed by atoms with E-state index in [1.807, 2.05) is 26.2 Å². The maximum atomic E-state index is 5.91. The van der Waals surface area contributed by atoms with Crippen molar-refractivity contribution < 1.29 is 0 Å². The molecule has 0 saturated heterocycles. The summed E-state index contributed by atoms with van der Waals surface area (Å²) in [6, 6.07) is 8.19. The average molecular weight is 286 g/mol. The Bertz CT molecular complexity index is 566. The lowest BCUT2D eigenvalue weighted by Crippen LogP contribution is -2.48. The van der Waals surface area contributed by atoms with Crippen LogP contribution in [0.5, 0.6) is 0 Å². The number of nitrogens with zero attached hydrogens (tertiary/aromatic N) is 3. The Morgan fingerprint density at radius 2 is 1.81 bits per heavy atom. The zero-order chi connectivity index (χ0) is 14.9. The molecular formula is C15H22N6. The summed E-state index contributed by atoms with van der Waals surface area (Å²) in [5.41, 5.74) is 7.70. The second kappa shape index (κ2) is 5.27. The number of nitrogens with two attached hydrogens (primary N) is 1. The number of nitrogens with one attached hydrogen (secondary N) is 2. The van der Waals surface area contributed by atoms with E-state index in [0.29, 0.717) is 11.9 Å². The predicted octanol–water partition coefficient (Wildman–Crippen LogP) is 1.71. The number of rotatable bonds is 2. The lowest BCUT2D eigenvalue weighted by Gasteiger charge is -2.27. The maximum absolute atomic E-state index is 5.91. The number of guanidine groups is 2. The molecule has 0 unspecified atom stereocenters. The first-order valence-corrected chi connectivity index (χ1v) is 7.33. The Morgan fingerprint density at radius 3 is 2.43 bits per heavy atom. The number of hydrogen-bond donors (Lipinski definition) is 3. The minimum absolute atomic E-state index is 0.346. The highest BCUT2D eigenvalue weighted by Gasteiger charge is 2.36. The van der Waals surface area contributed by atoms with Crippen LogP contribution in [0, 0.1) is 0 Å². The zero-order valence-corrected chi connectivity index (χ0v) is 12.6. The van der Waals surface area contributed by atoms with Crippen LogP contribution < -0.4 is 21.3 Å². The van der Waals surface area contributed by atoms with Gasteiger partial charge in [0.1, 0.15) is 0 Å². The second-order valence-electron chi connectivity index (χ2n) is 5.84. The molecule has 6 heteroatoms. The SMILES string of the molecule is CN(C)c1ccc(NC2=NC3(CCCC3)N=C(N)N2)cc1. The summed E-state index contributed by atoms with van der Waals surface area (Å²) < 4.78 is 0. The standard InChI is InChI=1S/C15H22N6/c1-21(2)12-7-5-11(6-8-12)17-14-18-13(16)19-15(20-14)9-3-4-10-15/h5-8H,3-4,9-10H2,1-2H3,(H4,16,17,18,19,20). The van der Waals surface area contributed by atoms with Gasteiger partial charge >= 0.3 is 0 Å². The van der Waals surface area contributed by atoms with Gasteiger partial charge in [-0.15, -0.1) is 0 Å². The Hall–Kier alpha value is -2.24. The van der Waals surface area contributed by atoms with Crippen LogP contribution in [0.4, 0.5) is 11.4 Å². The summed E-state index contributed by atoms with van der Waals surface area (Å²) in [4.78, 5) is 11.3. The lowest BCUT2D eigenvalue weighted by molar-refractivity contribution is 0.457. The molecule has 0 radical (unpaired) electrons. The molecule has 2 aliphatic rings. The van der Waals surface area contributed by atoms with Crippen molar-refractivity contribution in [1.82, 2.24) is 5.32 Å². The van der Waals surface area contributed by atoms with E-state index >= 15 is 0 Å². The molecule has 0 bridgehead atoms. The van der Waals surface area contributed by atoms with E-state index in [1.165, 1.54) is 0 Å². The van der Waals surface area contributed by atoms with Gasteiger partial charge in [-0.05, 0) is 49.9 Å². The van der Waals surface area contributed by atoms with Crippen LogP contribution in [0.2, 0.25) is 0 Å². The van der Waals surface area contributed by atoms with Gasteiger partial charge in [0.05, 0.1) is 0 Å². The molecule has 0 amide bonds. The first kappa shape index (κ1) is 13.7. The van der Waals surface area contributed by atoms with Crippen molar-refractivity contribution in [2.45, 2.75) is 31.3 Å². The molecule has 0 atom stereocenters. The fraction of sp³-hybridized carbons (Fsp3) is 0.467. The van der Waals surface area contributed by atoms with Gasteiger partial charge in [-0.1, -0.05) is 0 Å². The fourth-order valence-electron chi connectivity index (χ4n) is 2.84. The third-order valence-electron chi connectivity index (χ3n) is 3.95. The van der Waals surface area contributed by atoms with Gasteiger partial charge < -0.3 is 16.0 Å². The van der Waals surface area contributed by atoms with Gasteiger partial charge in [0, 0.05) is 25.5 Å². The van der Waals surface area contributed by atoms with Crippen molar-refractivity contribution in [2.75, 3.05) is 24.3 Å². The summed E-state index contributed by atoms with van der Waals surface area (Å²) in [6.45, 7) is 0. The molecule has 1 aromatic carbocycles. The molecule has 112 valence electrons. The van der Waals surface area contributed by atoms with Gasteiger partial charge in [-0.2, -0.15) is 0 Å². The van der Waals surface area contributed by atoms with Crippen molar-refractivity contribution in [3.8, 4) is 0 Å². The van der Waals surface area contributed by atoms with Crippen molar-refractivity contribution in [2.24, 2.45) is 15.7 Å². The number of aliphatic imine (C=N–C) groups is 2. The molecule has 1 aliphatic heterocycles. The highest BCUT2D eigenvalue weighted by atomic mass is 15.3. The lowest BCUT2D eigenvalue weighted by atomic mass is 10.1. The van der Waals surface area contributed by atoms with Gasteiger partial charge in [-0.25, -0.2) is 9.98 Å². The topological polar surface area (TPSA) is 78.0 Å². The summed E-state index contributed by atoms with van der Waals surface area (Å²) in [6.07, 6.45) is 4.26. The monoisotopic (exact) mass is 286 g/mol. The van der Waals surface area contributed by atoms with E-state index in [1.54, 1.807) is 0 Å². The highest BCUT2D eigenvalue weighted by molar-refractivity contribution is 6.06. The normalized spacial score (nSPS) is 19.7. The van der Waals surface area contributed by atoms with Crippen LogP contribution in [-0.2, 0) is 0 Å². The average Bonchev–Trinajstić information content (AvgIpc) is 2.86. The van der Waals surface area contributed by atoms with Gasteiger partial charge in [0.25, 0.3) is 0 Å². The van der Waals surface area contributed by atoms with Crippen LogP contribution in [0.1, 0.15) is 25.7 Å². The fourth-order valence-corrected chi connectivity index (χ4v) is 2.84. The molecule has 1 spiro atoms. The molecule has 3 rings (SSSR count). The van der Waals surface area contributed by atoms with Crippen molar-refractivity contribution in [1.29, 1.82) is 0 Å². The second-order valence-corrected chi connectivity index (χ2v) is 5.84. The molecule has 1 aromatic rings. The Labute approximate surface area is 125 Å². The molecule has 1 saturated carbocycles. The molecular weight excluding hydrogens is 264 g/mol. The van der Waals surface area contributed by atoms with E-state index in [2.05, 4.69) is 32.7 Å². The third kappa shape index (κ3) is 2.94. The molecule has 1 heterocycles. The molecule has 1 fully saturated rings. The molecule has 1 aliphatic carbocycles. The van der Waals surface area contributed by atoms with Crippen LogP contribution in [0.25, 0.3) is 0 Å². The quantitative estimate of drug-likeness (QED) is 0.773. The third-order valence-corrected chi connectivity index (χ3v) is 3.95. The first-order chi connectivity index (χ1) is 10.1. The minimum atomic E-state index is -0.346. The predicted molar refractivity (Wildman–Crippen MR) is 87.8 cm³/mol. The van der Waals surface area contributed by atoms with Crippen LogP contribution in [0.15, 0.2) is 34.3 Å². The van der Waals surface area contributed by atoms with Crippen LogP contribution in [0.3, 0.4) is 0 Å². The summed E-state index contributed by atoms with van der Waals surface area (Å²) in [5, 5.41) is 6.30. The Kier molecular flexibility index (Phi) is 3.45. The maximum Gasteiger partial charge on any atom is 0.205 e. The van der Waals surface area contributed by atoms with Gasteiger partial charge in [0.2, 0.25) is 5.96 Å². The Balaban J connectivity index is 1.76. The van der Waals surface area contributed by atoms with E-state index in [9.17, 15) is 0 Å². The van der Waals surface area contributed by atoms with E-state index in [-0.39, 0.29) is 5.66 Å². The van der Waals surface area contributed by atoms with Crippen molar-refractivity contribution >= 4 is 23.3 Å². The summed E-state index contributed by atoms with van der Waals surface area (Å²) >= 11 is 0. The van der Waals surface area contributed by atoms with Crippen LogP contribution in [-0.4, -0.2) is 31.7 Å². The van der Waals surface area contributed by atoms with Crippen LogP contribution >= 0.6 is 0 Å². The first-order valence-electron chi connectivity index (χ1n) is 7.33. The van der Waals surface area contributed by atoms with E-state index < -0.39 is 0 Å². The van der Waals surface area contributed by atoms with Gasteiger partial charge in [0.15, 0.2) is 11.6 Å². The molecule has 6 nitrogen and oxygen atoms in total. The van der Waals surface area contributed by atoms with E-state index in [0.717, 1.165) is 37.1 Å². The van der Waals surface area contributed by atoms with Crippen molar-refractivity contribution in [3.05, 3.63) is 24.3 Å². The highest BCUT2D eigenvalue weighted by Crippen LogP contribution is 2.35. The van der Waals surface area contributed by atoms with Gasteiger partial charge in [-0.3, -0.25) is 5.32 Å². The summed E-state index contributed by atoms with van der Waals surface area (Å²) in [7, 11) is 4.05. The number of anilines is 2. The smallest absolute Gasteiger partial charge is 0.205 e. The minimum Gasteiger partial charge on any atom is -0.378 e. The molecule has 0 aromatic heterocycles. The molecule has 21 heavy (non-hydrogen) atoms. The number of hydrogen-bond acceptors (Lipinski definition) is 6. The van der Waals surface area contributed by atoms with Crippen molar-refractivity contribution in [3.63, 3.8) is 0 Å². The Morgan fingerprint density at radius 1 is 1.14 bits per heavy atom.